The molecule has 0 aliphatic carbocycles. The van der Waals surface area contributed by atoms with Gasteiger partial charge in [-0.1, -0.05) is 0 Å². The summed E-state index contributed by atoms with van der Waals surface area (Å²) in [6.45, 7) is 0. The summed E-state index contributed by atoms with van der Waals surface area (Å²) in [5, 5.41) is 20.2. The van der Waals surface area contributed by atoms with Crippen LogP contribution in [0, 0.1) is 12.2 Å². The van der Waals surface area contributed by atoms with Gasteiger partial charge in [0.15, 0.2) is 0 Å². The Morgan fingerprint density at radius 2 is 1.33 bits per heavy atom. The van der Waals surface area contributed by atoms with Crippen molar-refractivity contribution in [2.24, 2.45) is 26.2 Å². The highest BCUT2D eigenvalue weighted by molar-refractivity contribution is 7.86. The molecule has 0 aliphatic rings. The molecule has 6 N–H and O–H groups in total. The summed E-state index contributed by atoms with van der Waals surface area (Å²) in [6.07, 6.45) is -2.76. The van der Waals surface area contributed by atoms with E-state index in [2.05, 4.69) is 46.0 Å². The molecule has 1 aromatic heterocycles. The van der Waals surface area contributed by atoms with Crippen LogP contribution in [0.1, 0.15) is 0 Å². The minimum atomic E-state index is -4.87. The molecule has 0 bridgehead atoms. The summed E-state index contributed by atoms with van der Waals surface area (Å²) in [6, 6.07) is 10.8. The van der Waals surface area contributed by atoms with Crippen LogP contribution in [0.3, 0.4) is 0 Å². The van der Waals surface area contributed by atoms with Crippen molar-refractivity contribution >= 4 is 66.3 Å². The number of azo groups is 2. The van der Waals surface area contributed by atoms with Gasteiger partial charge in [-0.25, -0.2) is 4.79 Å². The number of benzene rings is 3. The second kappa shape index (κ2) is 12.2. The summed E-state index contributed by atoms with van der Waals surface area (Å²) in [5.74, 6) is -0.491. The van der Waals surface area contributed by atoms with E-state index in [1.54, 1.807) is 0 Å². The van der Waals surface area contributed by atoms with Crippen molar-refractivity contribution in [3.8, 4) is 0 Å². The Morgan fingerprint density at radius 1 is 0.744 bits per heavy atom. The topological polar surface area (TPSA) is 264 Å². The van der Waals surface area contributed by atoms with Gasteiger partial charge in [0.2, 0.25) is 5.95 Å². The van der Waals surface area contributed by atoms with Gasteiger partial charge in [0, 0.05) is 5.69 Å². The molecule has 222 valence electrons. The fourth-order valence-electron chi connectivity index (χ4n) is 3.21. The lowest BCUT2D eigenvalue weighted by atomic mass is 10.2. The lowest BCUT2D eigenvalue weighted by molar-refractivity contribution is 0.259. The molecule has 0 radical (unpaired) electrons. The maximum atomic E-state index is 13.3. The Hall–Kier alpha value is -5.38. The van der Waals surface area contributed by atoms with Crippen molar-refractivity contribution in [2.75, 3.05) is 10.6 Å². The van der Waals surface area contributed by atoms with Crippen molar-refractivity contribution in [2.45, 2.75) is 9.79 Å². The van der Waals surface area contributed by atoms with Crippen LogP contribution in [0.25, 0.3) is 0 Å². The number of hydrogen-bond acceptors (Lipinski definition) is 13. The van der Waals surface area contributed by atoms with Crippen molar-refractivity contribution in [1.29, 1.82) is 0 Å². The zero-order valence-electron chi connectivity index (χ0n) is 21.0. The highest BCUT2D eigenvalue weighted by Crippen LogP contribution is 2.34. The average molecular weight is 635 g/mol. The van der Waals surface area contributed by atoms with Gasteiger partial charge in [-0.3, -0.25) is 9.11 Å². The number of carbonyl (C=O) groups is 1. The van der Waals surface area contributed by atoms with Gasteiger partial charge in [0.25, 0.3) is 20.2 Å². The van der Waals surface area contributed by atoms with Gasteiger partial charge < -0.3 is 16.4 Å². The van der Waals surface area contributed by atoms with Crippen molar-refractivity contribution in [3.05, 3.63) is 72.8 Å². The third-order valence-corrected chi connectivity index (χ3v) is 6.74. The first-order valence-electron chi connectivity index (χ1n) is 11.2. The zero-order valence-corrected chi connectivity index (χ0v) is 22.6. The third-order valence-electron chi connectivity index (χ3n) is 4.99. The number of halogens is 2. The molecule has 4 aromatic rings. The number of urea groups is 1. The number of anilines is 3. The van der Waals surface area contributed by atoms with Crippen LogP contribution in [0.15, 0.2) is 90.9 Å². The summed E-state index contributed by atoms with van der Waals surface area (Å²) in [4.78, 5) is 19.8. The standard InChI is InChI=1S/C22H16F2N10O7S2/c23-19-28-20(24)30-22(29-19)26-12-3-7-15(17(9-12)27-21(25)35)33-34-16-8-4-13(10-18(16)43(39,40)41)32-31-11-1-5-14(6-2-11)42(36,37)38/h1-10H,(H3,25,27,35)(H,36,37,38)(H,39,40,41)(H,26,28,29,30)/b32-31+,34-33?. The highest BCUT2D eigenvalue weighted by atomic mass is 32.2. The molecule has 0 spiro atoms. The van der Waals surface area contributed by atoms with E-state index in [1.165, 1.54) is 36.4 Å². The average Bonchev–Trinajstić information content (AvgIpc) is 2.90. The molecule has 0 fully saturated rings. The summed E-state index contributed by atoms with van der Waals surface area (Å²) in [7, 11) is -9.29. The number of nitrogens with one attached hydrogen (secondary N) is 2. The Kier molecular flexibility index (Phi) is 8.70. The molecule has 1 heterocycles. The first-order chi connectivity index (χ1) is 20.2. The van der Waals surface area contributed by atoms with E-state index in [0.717, 1.165) is 24.3 Å². The smallest absolute Gasteiger partial charge is 0.316 e. The lowest BCUT2D eigenvalue weighted by Crippen LogP contribution is -2.19. The van der Waals surface area contributed by atoms with Crippen molar-refractivity contribution < 1.29 is 39.5 Å². The number of carbonyl (C=O) groups excluding carboxylic acids is 1. The van der Waals surface area contributed by atoms with Crippen LogP contribution in [-0.2, 0) is 20.2 Å². The van der Waals surface area contributed by atoms with Gasteiger partial charge in [0.05, 0.1) is 22.0 Å². The Labute approximate surface area is 240 Å². The van der Waals surface area contributed by atoms with Crippen LogP contribution in [0.2, 0.25) is 0 Å². The molecule has 0 atom stereocenters. The van der Waals surface area contributed by atoms with Gasteiger partial charge in [-0.05, 0) is 60.7 Å². The van der Waals surface area contributed by atoms with Crippen LogP contribution < -0.4 is 16.4 Å². The number of hydrogen-bond donors (Lipinski definition) is 5. The SMILES string of the molecule is NC(=O)Nc1cc(Nc2nc(F)nc(F)n2)ccc1N=Nc1ccc(/N=N/c2ccc(S(=O)(=O)O)cc2)cc1S(=O)(=O)O. The molecule has 0 aliphatic heterocycles. The molecule has 4 rings (SSSR count). The normalized spacial score (nSPS) is 12.1. The number of rotatable bonds is 9. The molecule has 0 unspecified atom stereocenters. The van der Waals surface area contributed by atoms with E-state index < -0.39 is 49.3 Å². The zero-order chi connectivity index (χ0) is 31.4. The molecule has 0 saturated heterocycles. The van der Waals surface area contributed by atoms with E-state index in [9.17, 15) is 35.0 Å². The molecular formula is C22H16F2N10O7S2. The van der Waals surface area contributed by atoms with Gasteiger partial charge in [-0.2, -0.15) is 50.8 Å². The minimum absolute atomic E-state index is 0.0526. The first kappa shape index (κ1) is 30.6. The van der Waals surface area contributed by atoms with E-state index in [1.807, 2.05) is 0 Å². The number of aromatic nitrogens is 3. The predicted molar refractivity (Wildman–Crippen MR) is 144 cm³/mol. The van der Waals surface area contributed by atoms with Crippen LogP contribution in [0.4, 0.5) is 53.6 Å². The summed E-state index contributed by atoms with van der Waals surface area (Å²) < 4.78 is 91.7. The number of nitrogens with zero attached hydrogens (tertiary/aromatic N) is 7. The molecule has 43 heavy (non-hydrogen) atoms. The van der Waals surface area contributed by atoms with E-state index in [4.69, 9.17) is 10.3 Å². The largest absolute Gasteiger partial charge is 0.351 e. The number of primary amides is 1. The third kappa shape index (κ3) is 8.32. The van der Waals surface area contributed by atoms with Gasteiger partial charge >= 0.3 is 18.2 Å². The van der Waals surface area contributed by atoms with E-state index in [-0.39, 0.29) is 39.0 Å². The van der Waals surface area contributed by atoms with E-state index >= 15 is 0 Å². The maximum absolute atomic E-state index is 13.3. The second-order valence-corrected chi connectivity index (χ2v) is 10.9. The lowest BCUT2D eigenvalue weighted by Gasteiger charge is -2.10. The molecule has 3 aromatic carbocycles. The fourth-order valence-corrected chi connectivity index (χ4v) is 4.33. The summed E-state index contributed by atoms with van der Waals surface area (Å²) >= 11 is 0. The van der Waals surface area contributed by atoms with E-state index in [0.29, 0.717) is 0 Å². The Morgan fingerprint density at radius 3 is 1.93 bits per heavy atom. The molecular weight excluding hydrogens is 618 g/mol. The highest BCUT2D eigenvalue weighted by Gasteiger charge is 2.17. The van der Waals surface area contributed by atoms with Crippen LogP contribution in [0.5, 0.6) is 0 Å². The fraction of sp³-hybridized carbons (Fsp3) is 0. The van der Waals surface area contributed by atoms with Crippen molar-refractivity contribution in [1.82, 2.24) is 15.0 Å². The second-order valence-electron chi connectivity index (χ2n) is 8.04. The maximum Gasteiger partial charge on any atom is 0.316 e. The van der Waals surface area contributed by atoms with Gasteiger partial charge in [0.1, 0.15) is 16.3 Å². The van der Waals surface area contributed by atoms with Gasteiger partial charge in [-0.15, -0.1) is 10.2 Å². The molecule has 21 heteroatoms. The minimum Gasteiger partial charge on any atom is -0.351 e. The molecule has 17 nitrogen and oxygen atoms in total. The quantitative estimate of drug-likeness (QED) is 0.124. The van der Waals surface area contributed by atoms with Crippen LogP contribution in [-0.4, -0.2) is 46.9 Å². The Balaban J connectivity index is 1.63. The molecule has 2 amide bonds. The number of amides is 2. The van der Waals surface area contributed by atoms with Crippen LogP contribution >= 0.6 is 0 Å². The van der Waals surface area contributed by atoms with Crippen molar-refractivity contribution in [3.63, 3.8) is 0 Å². The Bertz CT molecular complexity index is 1970. The monoisotopic (exact) mass is 634 g/mol. The predicted octanol–water partition coefficient (Wildman–Crippen LogP) is 4.71. The molecule has 0 saturated carbocycles. The number of nitrogens with two attached hydrogens (primary N) is 1. The summed E-state index contributed by atoms with van der Waals surface area (Å²) in [5.41, 5.74) is 4.94. The first-order valence-corrected chi connectivity index (χ1v) is 14.1.